The van der Waals surface area contributed by atoms with Crippen molar-refractivity contribution >= 4 is 11.9 Å². The zero-order valence-corrected chi connectivity index (χ0v) is 16.1. The molecule has 2 N–H and O–H groups in total. The van der Waals surface area contributed by atoms with Gasteiger partial charge in [-0.2, -0.15) is 0 Å². The highest BCUT2D eigenvalue weighted by atomic mass is 16.2. The van der Waals surface area contributed by atoms with E-state index in [4.69, 9.17) is 0 Å². The average molecular weight is 370 g/mol. The Morgan fingerprint density at radius 1 is 1.26 bits per heavy atom. The van der Waals surface area contributed by atoms with E-state index in [0.29, 0.717) is 32.5 Å². The summed E-state index contributed by atoms with van der Waals surface area (Å²) in [4.78, 5) is 30.9. The molecule has 0 saturated carbocycles. The maximum atomic E-state index is 12.5. The van der Waals surface area contributed by atoms with Crippen molar-refractivity contribution in [3.8, 4) is 0 Å². The van der Waals surface area contributed by atoms with Crippen LogP contribution >= 0.6 is 0 Å². The Balaban J connectivity index is 1.40. The molecule has 2 heterocycles. The summed E-state index contributed by atoms with van der Waals surface area (Å²) in [6.07, 6.45) is 10.1. The van der Waals surface area contributed by atoms with Crippen molar-refractivity contribution in [1.29, 1.82) is 0 Å². The lowest BCUT2D eigenvalue weighted by molar-refractivity contribution is -0.126. The average Bonchev–Trinajstić information content (AvgIpc) is 2.73. The molecule has 0 aromatic carbocycles. The van der Waals surface area contributed by atoms with Crippen molar-refractivity contribution in [3.05, 3.63) is 41.7 Å². The number of piperidine rings is 1. The Kier molecular flexibility index (Phi) is 6.85. The smallest absolute Gasteiger partial charge is 0.317 e. The number of hydrogen-bond acceptors (Lipinski definition) is 3. The van der Waals surface area contributed by atoms with E-state index < -0.39 is 0 Å². The summed E-state index contributed by atoms with van der Waals surface area (Å²) in [7, 11) is 0. The highest BCUT2D eigenvalue weighted by molar-refractivity contribution is 5.79. The van der Waals surface area contributed by atoms with Gasteiger partial charge >= 0.3 is 6.03 Å². The van der Waals surface area contributed by atoms with Gasteiger partial charge in [-0.3, -0.25) is 9.78 Å². The molecule has 0 bridgehead atoms. The quantitative estimate of drug-likeness (QED) is 0.783. The van der Waals surface area contributed by atoms with Gasteiger partial charge in [0.25, 0.3) is 0 Å². The molecule has 1 aromatic heterocycles. The number of carbonyl (C=O) groups is 2. The summed E-state index contributed by atoms with van der Waals surface area (Å²) in [5, 5.41) is 6.08. The van der Waals surface area contributed by atoms with Gasteiger partial charge in [0.15, 0.2) is 0 Å². The second kappa shape index (κ2) is 9.53. The first-order chi connectivity index (χ1) is 13.1. The van der Waals surface area contributed by atoms with Crippen molar-refractivity contribution in [1.82, 2.24) is 20.5 Å². The lowest BCUT2D eigenvalue weighted by Gasteiger charge is -2.33. The molecule has 0 spiro atoms. The van der Waals surface area contributed by atoms with Crippen LogP contribution in [-0.2, 0) is 11.3 Å². The van der Waals surface area contributed by atoms with Gasteiger partial charge < -0.3 is 15.5 Å². The lowest BCUT2D eigenvalue weighted by atomic mass is 9.94. The second-order valence-corrected chi connectivity index (χ2v) is 7.50. The largest absolute Gasteiger partial charge is 0.350 e. The van der Waals surface area contributed by atoms with Gasteiger partial charge in [-0.15, -0.1) is 0 Å². The minimum atomic E-state index is -0.0313. The number of likely N-dealkylation sites (tertiary alicyclic amines) is 1. The number of amides is 3. The fraction of sp³-hybridized carbons (Fsp3) is 0.571. The van der Waals surface area contributed by atoms with Crippen LogP contribution in [0.3, 0.4) is 0 Å². The third-order valence-electron chi connectivity index (χ3n) is 5.55. The third kappa shape index (κ3) is 5.55. The maximum Gasteiger partial charge on any atom is 0.317 e. The first kappa shape index (κ1) is 19.4. The van der Waals surface area contributed by atoms with Crippen LogP contribution in [-0.4, -0.2) is 41.0 Å². The van der Waals surface area contributed by atoms with Gasteiger partial charge in [-0.25, -0.2) is 4.79 Å². The van der Waals surface area contributed by atoms with Crippen molar-refractivity contribution in [2.45, 2.75) is 58.0 Å². The van der Waals surface area contributed by atoms with E-state index in [0.717, 1.165) is 18.5 Å². The molecule has 27 heavy (non-hydrogen) atoms. The van der Waals surface area contributed by atoms with Gasteiger partial charge in [0.1, 0.15) is 0 Å². The zero-order valence-electron chi connectivity index (χ0n) is 16.1. The molecule has 146 valence electrons. The summed E-state index contributed by atoms with van der Waals surface area (Å²) in [6, 6.07) is 5.75. The molecular formula is C21H30N4O2. The highest BCUT2D eigenvalue weighted by Crippen LogP contribution is 2.21. The lowest BCUT2D eigenvalue weighted by Crippen LogP contribution is -2.49. The topological polar surface area (TPSA) is 74.3 Å². The van der Waals surface area contributed by atoms with E-state index in [-0.39, 0.29) is 23.9 Å². The number of allylic oxidation sites excluding steroid dienone is 1. The van der Waals surface area contributed by atoms with Crippen LogP contribution in [0.15, 0.2) is 36.0 Å². The van der Waals surface area contributed by atoms with Crippen molar-refractivity contribution in [2.24, 2.45) is 5.92 Å². The second-order valence-electron chi connectivity index (χ2n) is 7.50. The van der Waals surface area contributed by atoms with Crippen LogP contribution in [0.2, 0.25) is 0 Å². The van der Waals surface area contributed by atoms with Gasteiger partial charge in [-0.1, -0.05) is 17.7 Å². The standard InChI is InChI=1S/C21H30N4O2/c1-16(17-7-3-2-4-8-17)24-21(27)25-13-10-18(11-14-25)20(26)23-15-19-9-5-6-12-22-19/h5-7,9,12,16,18H,2-4,8,10-11,13-15H2,1H3,(H,23,26)(H,24,27)/t16-/m0/s1. The number of rotatable bonds is 5. The number of hydrogen-bond donors (Lipinski definition) is 2. The van der Waals surface area contributed by atoms with Gasteiger partial charge in [0.05, 0.1) is 12.2 Å². The molecule has 2 aliphatic rings. The molecule has 3 amide bonds. The van der Waals surface area contributed by atoms with Crippen LogP contribution in [0.4, 0.5) is 4.79 Å². The predicted octanol–water partition coefficient (Wildman–Crippen LogP) is 3.01. The zero-order chi connectivity index (χ0) is 19.1. The summed E-state index contributed by atoms with van der Waals surface area (Å²) < 4.78 is 0. The number of carbonyl (C=O) groups excluding carboxylic acids is 2. The highest BCUT2D eigenvalue weighted by Gasteiger charge is 2.28. The summed E-state index contributed by atoms with van der Waals surface area (Å²) in [6.45, 7) is 3.76. The monoisotopic (exact) mass is 370 g/mol. The predicted molar refractivity (Wildman–Crippen MR) is 105 cm³/mol. The number of aromatic nitrogens is 1. The van der Waals surface area contributed by atoms with E-state index >= 15 is 0 Å². The van der Waals surface area contributed by atoms with Crippen molar-refractivity contribution in [2.75, 3.05) is 13.1 Å². The number of pyridine rings is 1. The van der Waals surface area contributed by atoms with E-state index in [2.05, 4.69) is 28.6 Å². The molecule has 6 heteroatoms. The van der Waals surface area contributed by atoms with Gasteiger partial charge in [-0.05, 0) is 57.6 Å². The molecule has 1 saturated heterocycles. The third-order valence-corrected chi connectivity index (χ3v) is 5.55. The normalized spacial score (nSPS) is 19.1. The fourth-order valence-corrected chi connectivity index (χ4v) is 3.79. The van der Waals surface area contributed by atoms with Crippen LogP contribution in [0.25, 0.3) is 0 Å². The van der Waals surface area contributed by atoms with E-state index in [9.17, 15) is 9.59 Å². The minimum Gasteiger partial charge on any atom is -0.350 e. The first-order valence-electron chi connectivity index (χ1n) is 10.1. The minimum absolute atomic E-state index is 0.0127. The van der Waals surface area contributed by atoms with Crippen LogP contribution in [0, 0.1) is 5.92 Å². The van der Waals surface area contributed by atoms with Gasteiger partial charge in [0.2, 0.25) is 5.91 Å². The molecule has 1 fully saturated rings. The van der Waals surface area contributed by atoms with Gasteiger partial charge in [0, 0.05) is 31.2 Å². The number of nitrogens with one attached hydrogen (secondary N) is 2. The molecule has 1 atom stereocenters. The Labute approximate surface area is 161 Å². The Bertz CT molecular complexity index is 666. The Morgan fingerprint density at radius 3 is 2.74 bits per heavy atom. The Morgan fingerprint density at radius 2 is 2.07 bits per heavy atom. The SMILES string of the molecule is C[C@H](NC(=O)N1CCC(C(=O)NCc2ccccn2)CC1)C1=CCCCC1. The van der Waals surface area contributed by atoms with Crippen LogP contribution < -0.4 is 10.6 Å². The van der Waals surface area contributed by atoms with E-state index in [1.54, 1.807) is 6.20 Å². The van der Waals surface area contributed by atoms with Crippen LogP contribution in [0.5, 0.6) is 0 Å². The summed E-state index contributed by atoms with van der Waals surface area (Å²) in [5.74, 6) is 0.0256. The van der Waals surface area contributed by atoms with E-state index in [1.807, 2.05) is 23.1 Å². The molecule has 1 aromatic rings. The number of nitrogens with zero attached hydrogens (tertiary/aromatic N) is 2. The Hall–Kier alpha value is -2.37. The fourth-order valence-electron chi connectivity index (χ4n) is 3.79. The molecular weight excluding hydrogens is 340 g/mol. The summed E-state index contributed by atoms with van der Waals surface area (Å²) in [5.41, 5.74) is 2.20. The molecule has 6 nitrogen and oxygen atoms in total. The molecule has 0 radical (unpaired) electrons. The first-order valence-corrected chi connectivity index (χ1v) is 10.1. The van der Waals surface area contributed by atoms with Crippen LogP contribution in [0.1, 0.15) is 51.1 Å². The van der Waals surface area contributed by atoms with Crippen molar-refractivity contribution < 1.29 is 9.59 Å². The molecule has 0 unspecified atom stereocenters. The molecule has 1 aliphatic heterocycles. The molecule has 3 rings (SSSR count). The molecule has 1 aliphatic carbocycles. The summed E-state index contributed by atoms with van der Waals surface area (Å²) >= 11 is 0. The number of urea groups is 1. The van der Waals surface area contributed by atoms with Crippen molar-refractivity contribution in [3.63, 3.8) is 0 Å². The van der Waals surface area contributed by atoms with E-state index in [1.165, 1.54) is 18.4 Å². The maximum absolute atomic E-state index is 12.5.